The molecule has 0 aromatic carbocycles. The summed E-state index contributed by atoms with van der Waals surface area (Å²) >= 11 is 9.38. The summed E-state index contributed by atoms with van der Waals surface area (Å²) in [6, 6.07) is 0.0519. The number of aliphatic hydroxyl groups is 1. The van der Waals surface area contributed by atoms with Gasteiger partial charge in [0, 0.05) is 12.7 Å². The van der Waals surface area contributed by atoms with E-state index in [9.17, 15) is 5.11 Å². The molecular weight excluding hydrogens is 307 g/mol. The fourth-order valence-electron chi connectivity index (χ4n) is 1.98. The molecule has 1 aliphatic heterocycles. The molecule has 2 aromatic heterocycles. The van der Waals surface area contributed by atoms with Crippen LogP contribution in [0.1, 0.15) is 6.92 Å². The largest absolute Gasteiger partial charge is 0.389 e. The van der Waals surface area contributed by atoms with Crippen LogP contribution in [0, 0.1) is 0 Å². The lowest BCUT2D eigenvalue weighted by Crippen LogP contribution is -2.59. The van der Waals surface area contributed by atoms with Crippen molar-refractivity contribution < 1.29 is 5.11 Å². The molecular formula is C10H10BrClN4O. The second kappa shape index (κ2) is 3.83. The standard InChI is InChI=1S/C10H10BrClN4O/c1-5-6(17)3-15(5)10-9-13-2-8(12)16(9)4-7(11)14-10/h2,4-6,17H,3H2,1H3/t5-,6+/m0/s1. The van der Waals surface area contributed by atoms with Gasteiger partial charge in [0.25, 0.3) is 0 Å². The average Bonchev–Trinajstić information content (AvgIpc) is 2.67. The summed E-state index contributed by atoms with van der Waals surface area (Å²) in [4.78, 5) is 10.7. The van der Waals surface area contributed by atoms with Gasteiger partial charge in [0.1, 0.15) is 9.76 Å². The molecule has 2 aromatic rings. The molecule has 0 amide bonds. The first-order valence-electron chi connectivity index (χ1n) is 5.21. The molecule has 0 saturated carbocycles. The van der Waals surface area contributed by atoms with E-state index in [0.717, 1.165) is 5.82 Å². The van der Waals surface area contributed by atoms with Gasteiger partial charge in [-0.3, -0.25) is 4.40 Å². The molecule has 3 heterocycles. The van der Waals surface area contributed by atoms with E-state index >= 15 is 0 Å². The molecule has 7 heteroatoms. The van der Waals surface area contributed by atoms with Crippen LogP contribution in [-0.2, 0) is 0 Å². The predicted molar refractivity (Wildman–Crippen MR) is 68.5 cm³/mol. The van der Waals surface area contributed by atoms with Crippen molar-refractivity contribution in [3.05, 3.63) is 22.1 Å². The lowest BCUT2D eigenvalue weighted by molar-refractivity contribution is 0.0988. The van der Waals surface area contributed by atoms with Gasteiger partial charge in [-0.05, 0) is 22.9 Å². The molecule has 5 nitrogen and oxygen atoms in total. The van der Waals surface area contributed by atoms with E-state index in [1.54, 1.807) is 16.8 Å². The van der Waals surface area contributed by atoms with E-state index in [-0.39, 0.29) is 12.1 Å². The zero-order valence-electron chi connectivity index (χ0n) is 9.01. The lowest BCUT2D eigenvalue weighted by Gasteiger charge is -2.44. The first kappa shape index (κ1) is 11.3. The van der Waals surface area contributed by atoms with Crippen molar-refractivity contribution in [3.63, 3.8) is 0 Å². The molecule has 17 heavy (non-hydrogen) atoms. The Labute approximate surface area is 111 Å². The van der Waals surface area contributed by atoms with E-state index < -0.39 is 0 Å². The second-order valence-electron chi connectivity index (χ2n) is 4.12. The Kier molecular flexibility index (Phi) is 2.53. The normalized spacial score (nSPS) is 24.1. The zero-order valence-corrected chi connectivity index (χ0v) is 11.4. The number of halogens is 2. The van der Waals surface area contributed by atoms with Gasteiger partial charge < -0.3 is 10.0 Å². The molecule has 0 spiro atoms. The van der Waals surface area contributed by atoms with Crippen molar-refractivity contribution >= 4 is 39.0 Å². The Morgan fingerprint density at radius 3 is 3.00 bits per heavy atom. The summed E-state index contributed by atoms with van der Waals surface area (Å²) in [5.74, 6) is 0.740. The molecule has 1 saturated heterocycles. The Bertz CT molecular complexity index is 587. The quantitative estimate of drug-likeness (QED) is 0.870. The van der Waals surface area contributed by atoms with Crippen molar-refractivity contribution in [2.75, 3.05) is 11.4 Å². The Hall–Kier alpha value is -0.850. The van der Waals surface area contributed by atoms with Crippen LogP contribution in [0.3, 0.4) is 0 Å². The van der Waals surface area contributed by atoms with Crippen LogP contribution in [0.4, 0.5) is 5.82 Å². The molecule has 0 bridgehead atoms. The number of fused-ring (bicyclic) bond motifs is 1. The first-order valence-corrected chi connectivity index (χ1v) is 6.39. The molecule has 90 valence electrons. The zero-order chi connectivity index (χ0) is 12.2. The Morgan fingerprint density at radius 2 is 2.35 bits per heavy atom. The first-order chi connectivity index (χ1) is 8.08. The molecule has 1 fully saturated rings. The summed E-state index contributed by atoms with van der Waals surface area (Å²) in [6.45, 7) is 2.53. The Balaban J connectivity index is 2.16. The summed E-state index contributed by atoms with van der Waals surface area (Å²) in [5.41, 5.74) is 0.706. The third-order valence-corrected chi connectivity index (χ3v) is 3.77. The number of aliphatic hydroxyl groups excluding tert-OH is 1. The third-order valence-electron chi connectivity index (χ3n) is 3.10. The van der Waals surface area contributed by atoms with Gasteiger partial charge in [-0.1, -0.05) is 11.6 Å². The highest BCUT2D eigenvalue weighted by atomic mass is 79.9. The lowest BCUT2D eigenvalue weighted by atomic mass is 10.0. The smallest absolute Gasteiger partial charge is 0.181 e. The monoisotopic (exact) mass is 316 g/mol. The van der Waals surface area contributed by atoms with Gasteiger partial charge in [-0.2, -0.15) is 0 Å². The number of imidazole rings is 1. The maximum absolute atomic E-state index is 9.56. The van der Waals surface area contributed by atoms with E-state index in [1.807, 2.05) is 11.8 Å². The summed E-state index contributed by atoms with van der Waals surface area (Å²) in [6.07, 6.45) is 3.06. The van der Waals surface area contributed by atoms with Gasteiger partial charge >= 0.3 is 0 Å². The minimum absolute atomic E-state index is 0.0519. The number of nitrogens with zero attached hydrogens (tertiary/aromatic N) is 4. The number of β-amino-alcohol motifs (C(OH)–C–C–N with tert-alkyl or cyclic N) is 1. The van der Waals surface area contributed by atoms with Crippen molar-refractivity contribution in [1.29, 1.82) is 0 Å². The van der Waals surface area contributed by atoms with E-state index in [4.69, 9.17) is 11.6 Å². The van der Waals surface area contributed by atoms with Gasteiger partial charge in [-0.15, -0.1) is 0 Å². The fourth-order valence-corrected chi connectivity index (χ4v) is 2.53. The van der Waals surface area contributed by atoms with E-state index in [2.05, 4.69) is 25.9 Å². The molecule has 2 atom stereocenters. The van der Waals surface area contributed by atoms with E-state index in [1.165, 1.54) is 0 Å². The van der Waals surface area contributed by atoms with Crippen LogP contribution in [0.15, 0.2) is 17.0 Å². The minimum Gasteiger partial charge on any atom is -0.389 e. The number of anilines is 1. The van der Waals surface area contributed by atoms with Crippen LogP contribution in [0.2, 0.25) is 5.15 Å². The highest BCUT2D eigenvalue weighted by molar-refractivity contribution is 9.10. The van der Waals surface area contributed by atoms with Gasteiger partial charge in [0.15, 0.2) is 11.5 Å². The molecule has 0 radical (unpaired) electrons. The SMILES string of the molecule is C[C@H]1[C@H](O)CN1c1nc(Br)cn2c(Cl)cnc12. The highest BCUT2D eigenvalue weighted by Crippen LogP contribution is 2.30. The molecule has 0 unspecified atom stereocenters. The maximum Gasteiger partial charge on any atom is 0.181 e. The van der Waals surface area contributed by atoms with Crippen LogP contribution >= 0.6 is 27.5 Å². The van der Waals surface area contributed by atoms with Crippen molar-refractivity contribution in [3.8, 4) is 0 Å². The molecule has 3 rings (SSSR count). The summed E-state index contributed by atoms with van der Waals surface area (Å²) in [5, 5.41) is 10.1. The average molecular weight is 318 g/mol. The maximum atomic E-state index is 9.56. The van der Waals surface area contributed by atoms with Crippen molar-refractivity contribution in [2.24, 2.45) is 0 Å². The highest BCUT2D eigenvalue weighted by Gasteiger charge is 2.36. The summed E-state index contributed by atoms with van der Waals surface area (Å²) in [7, 11) is 0. The van der Waals surface area contributed by atoms with Crippen LogP contribution in [0.25, 0.3) is 5.65 Å². The number of hydrogen-bond acceptors (Lipinski definition) is 4. The minimum atomic E-state index is -0.304. The second-order valence-corrected chi connectivity index (χ2v) is 5.32. The van der Waals surface area contributed by atoms with Crippen molar-refractivity contribution in [2.45, 2.75) is 19.1 Å². The fraction of sp³-hybridized carbons (Fsp3) is 0.400. The third kappa shape index (κ3) is 1.63. The van der Waals surface area contributed by atoms with Gasteiger partial charge in [0.05, 0.1) is 18.3 Å². The van der Waals surface area contributed by atoms with Gasteiger partial charge in [-0.25, -0.2) is 9.97 Å². The number of aromatic nitrogens is 3. The molecule has 1 N–H and O–H groups in total. The van der Waals surface area contributed by atoms with Crippen LogP contribution in [0.5, 0.6) is 0 Å². The number of rotatable bonds is 1. The van der Waals surface area contributed by atoms with Crippen LogP contribution < -0.4 is 4.90 Å². The molecule has 0 aliphatic carbocycles. The predicted octanol–water partition coefficient (Wildman–Crippen LogP) is 1.71. The van der Waals surface area contributed by atoms with Crippen LogP contribution in [-0.4, -0.2) is 38.2 Å². The van der Waals surface area contributed by atoms with Gasteiger partial charge in [0.2, 0.25) is 0 Å². The topological polar surface area (TPSA) is 53.7 Å². The molecule has 1 aliphatic rings. The number of hydrogen-bond donors (Lipinski definition) is 1. The van der Waals surface area contributed by atoms with E-state index in [0.29, 0.717) is 21.9 Å². The van der Waals surface area contributed by atoms with Crippen molar-refractivity contribution in [1.82, 2.24) is 14.4 Å². The Morgan fingerprint density at radius 1 is 1.59 bits per heavy atom. The summed E-state index contributed by atoms with van der Waals surface area (Å²) < 4.78 is 2.46.